The first-order valence-corrected chi connectivity index (χ1v) is 9.09. The highest BCUT2D eigenvalue weighted by Crippen LogP contribution is 2.26. The summed E-state index contributed by atoms with van der Waals surface area (Å²) in [5.74, 6) is 5.27. The van der Waals surface area contributed by atoms with Crippen molar-refractivity contribution in [3.8, 4) is 17.6 Å². The molecule has 0 aliphatic carbocycles. The van der Waals surface area contributed by atoms with E-state index in [1.54, 1.807) is 60.5 Å². The second-order valence-corrected chi connectivity index (χ2v) is 6.56. The van der Waals surface area contributed by atoms with E-state index >= 15 is 0 Å². The lowest BCUT2D eigenvalue weighted by atomic mass is 10.1. The van der Waals surface area contributed by atoms with E-state index in [0.29, 0.717) is 23.4 Å². The number of anilines is 1. The summed E-state index contributed by atoms with van der Waals surface area (Å²) in [6, 6.07) is 13.7. The molecule has 0 bridgehead atoms. The highest BCUT2D eigenvalue weighted by atomic mass is 16.5. The van der Waals surface area contributed by atoms with Crippen LogP contribution in [0, 0.1) is 17.8 Å². The van der Waals surface area contributed by atoms with Crippen LogP contribution in [0.25, 0.3) is 0 Å². The van der Waals surface area contributed by atoms with Gasteiger partial charge in [0.2, 0.25) is 17.7 Å². The van der Waals surface area contributed by atoms with E-state index in [1.165, 1.54) is 0 Å². The van der Waals surface area contributed by atoms with Crippen molar-refractivity contribution in [2.45, 2.75) is 6.42 Å². The summed E-state index contributed by atoms with van der Waals surface area (Å²) in [6.45, 7) is 0.503. The van der Waals surface area contributed by atoms with Crippen molar-refractivity contribution in [2.24, 2.45) is 11.7 Å². The van der Waals surface area contributed by atoms with Crippen LogP contribution in [-0.4, -0.2) is 37.9 Å². The monoisotopic (exact) mass is 391 g/mol. The average Bonchev–Trinajstić information content (AvgIpc) is 3.13. The predicted molar refractivity (Wildman–Crippen MR) is 108 cm³/mol. The Morgan fingerprint density at radius 2 is 1.86 bits per heavy atom. The van der Waals surface area contributed by atoms with E-state index in [9.17, 15) is 14.4 Å². The Morgan fingerprint density at radius 3 is 2.48 bits per heavy atom. The quantitative estimate of drug-likeness (QED) is 0.751. The maximum atomic E-state index is 12.4. The number of nitrogens with one attached hydrogen (secondary N) is 1. The van der Waals surface area contributed by atoms with Crippen molar-refractivity contribution in [3.63, 3.8) is 0 Å². The molecule has 1 fully saturated rings. The van der Waals surface area contributed by atoms with Gasteiger partial charge in [-0.05, 0) is 48.5 Å². The maximum Gasteiger partial charge on any atom is 0.248 e. The minimum Gasteiger partial charge on any atom is -0.497 e. The van der Waals surface area contributed by atoms with Gasteiger partial charge in [-0.2, -0.15) is 0 Å². The molecule has 2 aromatic rings. The Hall–Kier alpha value is -3.79. The fraction of sp³-hybridized carbons (Fsp3) is 0.227. The Morgan fingerprint density at radius 1 is 1.17 bits per heavy atom. The van der Waals surface area contributed by atoms with E-state index < -0.39 is 11.8 Å². The van der Waals surface area contributed by atoms with Gasteiger partial charge in [0.25, 0.3) is 0 Å². The van der Waals surface area contributed by atoms with Crippen LogP contribution < -0.4 is 20.7 Å². The molecule has 1 aliphatic heterocycles. The molecule has 0 radical (unpaired) electrons. The minimum absolute atomic E-state index is 0.0871. The fourth-order valence-corrected chi connectivity index (χ4v) is 3.03. The first-order valence-electron chi connectivity index (χ1n) is 9.09. The van der Waals surface area contributed by atoms with Gasteiger partial charge < -0.3 is 20.7 Å². The van der Waals surface area contributed by atoms with Gasteiger partial charge in [-0.15, -0.1) is 0 Å². The summed E-state index contributed by atoms with van der Waals surface area (Å²) >= 11 is 0. The van der Waals surface area contributed by atoms with E-state index in [-0.39, 0.29) is 24.8 Å². The number of rotatable bonds is 5. The van der Waals surface area contributed by atoms with Gasteiger partial charge in [0.15, 0.2) is 0 Å². The number of benzene rings is 2. The predicted octanol–water partition coefficient (Wildman–Crippen LogP) is 1.31. The highest BCUT2D eigenvalue weighted by molar-refractivity contribution is 6.00. The van der Waals surface area contributed by atoms with Crippen molar-refractivity contribution >= 4 is 23.4 Å². The Bertz CT molecular complexity index is 972. The topological polar surface area (TPSA) is 102 Å². The van der Waals surface area contributed by atoms with E-state index in [1.807, 2.05) is 0 Å². The molecular formula is C22H21N3O4. The van der Waals surface area contributed by atoms with Gasteiger partial charge in [-0.1, -0.05) is 11.8 Å². The lowest BCUT2D eigenvalue weighted by Crippen LogP contribution is -2.33. The normalized spacial score (nSPS) is 15.4. The number of carbonyl (C=O) groups excluding carboxylic acids is 3. The molecule has 1 heterocycles. The van der Waals surface area contributed by atoms with Crippen molar-refractivity contribution in [1.82, 2.24) is 5.32 Å². The largest absolute Gasteiger partial charge is 0.497 e. The molecule has 0 spiro atoms. The fourth-order valence-electron chi connectivity index (χ4n) is 3.03. The first kappa shape index (κ1) is 20.0. The minimum atomic E-state index is -0.494. The summed E-state index contributed by atoms with van der Waals surface area (Å²) in [7, 11) is 1.58. The number of nitrogens with zero attached hydrogens (tertiary/aromatic N) is 1. The van der Waals surface area contributed by atoms with Crippen LogP contribution in [0.1, 0.15) is 22.3 Å². The van der Waals surface area contributed by atoms with Crippen LogP contribution in [0.3, 0.4) is 0 Å². The number of nitrogens with two attached hydrogens (primary N) is 1. The second-order valence-electron chi connectivity index (χ2n) is 6.56. The number of hydrogen-bond acceptors (Lipinski definition) is 4. The molecule has 148 valence electrons. The second kappa shape index (κ2) is 8.93. The molecule has 3 rings (SSSR count). The van der Waals surface area contributed by atoms with Gasteiger partial charge in [0, 0.05) is 29.8 Å². The SMILES string of the molecule is COc1ccc(N2CC(C(=O)NCC#Cc3ccc(C(N)=O)cc3)CC2=O)cc1. The van der Waals surface area contributed by atoms with Crippen LogP contribution in [0.5, 0.6) is 5.75 Å². The lowest BCUT2D eigenvalue weighted by Gasteiger charge is -2.16. The Kier molecular flexibility index (Phi) is 6.15. The molecule has 0 aromatic heterocycles. The molecule has 29 heavy (non-hydrogen) atoms. The molecule has 2 aromatic carbocycles. The van der Waals surface area contributed by atoms with E-state index in [4.69, 9.17) is 10.5 Å². The lowest BCUT2D eigenvalue weighted by molar-refractivity contribution is -0.126. The zero-order valence-corrected chi connectivity index (χ0v) is 16.0. The molecular weight excluding hydrogens is 370 g/mol. The van der Waals surface area contributed by atoms with Crippen LogP contribution in [0.2, 0.25) is 0 Å². The summed E-state index contributed by atoms with van der Waals surface area (Å²) in [5, 5.41) is 2.75. The maximum absolute atomic E-state index is 12.4. The molecule has 3 N–H and O–H groups in total. The van der Waals surface area contributed by atoms with Crippen molar-refractivity contribution in [3.05, 3.63) is 59.7 Å². The third kappa shape index (κ3) is 4.93. The third-order valence-corrected chi connectivity index (χ3v) is 4.63. The highest BCUT2D eigenvalue weighted by Gasteiger charge is 2.34. The van der Waals surface area contributed by atoms with Gasteiger partial charge in [-0.25, -0.2) is 0 Å². The third-order valence-electron chi connectivity index (χ3n) is 4.63. The average molecular weight is 391 g/mol. The first-order chi connectivity index (χ1) is 14.0. The standard InChI is InChI=1S/C22H21N3O4/c1-29-19-10-8-18(9-11-19)25-14-17(13-20(25)26)22(28)24-12-2-3-15-4-6-16(7-5-15)21(23)27/h4-11,17H,12-14H2,1H3,(H2,23,27)(H,24,28). The number of methoxy groups -OCH3 is 1. The van der Waals surface area contributed by atoms with Gasteiger partial charge in [-0.3, -0.25) is 14.4 Å². The molecule has 1 aliphatic rings. The molecule has 1 atom stereocenters. The number of amides is 3. The molecule has 7 heteroatoms. The number of carbonyl (C=O) groups is 3. The van der Waals surface area contributed by atoms with Crippen LogP contribution in [0.15, 0.2) is 48.5 Å². The zero-order valence-electron chi connectivity index (χ0n) is 16.0. The van der Waals surface area contributed by atoms with Crippen LogP contribution >= 0.6 is 0 Å². The zero-order chi connectivity index (χ0) is 20.8. The van der Waals surface area contributed by atoms with Crippen molar-refractivity contribution in [1.29, 1.82) is 0 Å². The molecule has 0 saturated carbocycles. The summed E-state index contributed by atoms with van der Waals surface area (Å²) in [4.78, 5) is 37.3. The number of primary amides is 1. The van der Waals surface area contributed by atoms with Gasteiger partial charge in [0.05, 0.1) is 19.6 Å². The summed E-state index contributed by atoms with van der Waals surface area (Å²) < 4.78 is 5.12. The molecule has 1 unspecified atom stereocenters. The summed E-state index contributed by atoms with van der Waals surface area (Å²) in [6.07, 6.45) is 0.167. The molecule has 7 nitrogen and oxygen atoms in total. The van der Waals surface area contributed by atoms with Gasteiger partial charge >= 0.3 is 0 Å². The Labute approximate surface area is 168 Å². The molecule has 3 amide bonds. The Balaban J connectivity index is 1.52. The van der Waals surface area contributed by atoms with Crippen molar-refractivity contribution < 1.29 is 19.1 Å². The van der Waals surface area contributed by atoms with E-state index in [2.05, 4.69) is 17.2 Å². The van der Waals surface area contributed by atoms with Crippen molar-refractivity contribution in [2.75, 3.05) is 25.1 Å². The number of hydrogen-bond donors (Lipinski definition) is 2. The number of ether oxygens (including phenoxy) is 1. The van der Waals surface area contributed by atoms with Crippen LogP contribution in [0.4, 0.5) is 5.69 Å². The van der Waals surface area contributed by atoms with Crippen LogP contribution in [-0.2, 0) is 9.59 Å². The summed E-state index contributed by atoms with van der Waals surface area (Å²) in [5.41, 5.74) is 7.06. The van der Waals surface area contributed by atoms with E-state index in [0.717, 1.165) is 5.69 Å². The molecule has 1 saturated heterocycles. The van der Waals surface area contributed by atoms with Gasteiger partial charge in [0.1, 0.15) is 5.75 Å². The smallest absolute Gasteiger partial charge is 0.248 e.